The molecule has 3 rings (SSSR count). The highest BCUT2D eigenvalue weighted by molar-refractivity contribution is 5.94. The highest BCUT2D eigenvalue weighted by Gasteiger charge is 2.30. The highest BCUT2D eigenvalue weighted by atomic mass is 19.4. The van der Waals surface area contributed by atoms with Crippen molar-refractivity contribution < 1.29 is 22.7 Å². The number of methoxy groups -OCH3 is 1. The summed E-state index contributed by atoms with van der Waals surface area (Å²) in [6.07, 6.45) is -4.18. The smallest absolute Gasteiger partial charge is 0.416 e. The Morgan fingerprint density at radius 3 is 2.45 bits per heavy atom. The van der Waals surface area contributed by atoms with Crippen molar-refractivity contribution in [2.24, 2.45) is 0 Å². The molecular weight excluding hydrogens is 385 g/mol. The summed E-state index contributed by atoms with van der Waals surface area (Å²) < 4.78 is 43.1. The van der Waals surface area contributed by atoms with Gasteiger partial charge in [0.25, 0.3) is 11.5 Å². The van der Waals surface area contributed by atoms with Crippen LogP contribution in [0.5, 0.6) is 5.75 Å². The number of ether oxygens (including phenoxy) is 1. The van der Waals surface area contributed by atoms with Gasteiger partial charge in [-0.15, -0.1) is 0 Å². The molecule has 0 spiro atoms. The molecule has 0 aliphatic heterocycles. The molecule has 2 N–H and O–H groups in total. The Balaban J connectivity index is 1.71. The first kappa shape index (κ1) is 20.4. The number of pyridine rings is 1. The van der Waals surface area contributed by atoms with E-state index in [1.54, 1.807) is 12.1 Å². The Morgan fingerprint density at radius 2 is 1.83 bits per heavy atom. The lowest BCUT2D eigenvalue weighted by molar-refractivity contribution is -0.137. The molecule has 0 unspecified atom stereocenters. The summed E-state index contributed by atoms with van der Waals surface area (Å²) in [6, 6.07) is 9.38. The number of benzene rings is 2. The molecule has 0 bridgehead atoms. The quantitative estimate of drug-likeness (QED) is 0.679. The zero-order chi connectivity index (χ0) is 21.2. The summed E-state index contributed by atoms with van der Waals surface area (Å²) in [5.74, 6) is 0.0543. The number of amides is 1. The van der Waals surface area contributed by atoms with E-state index < -0.39 is 17.6 Å². The van der Waals surface area contributed by atoms with Gasteiger partial charge < -0.3 is 15.0 Å². The van der Waals surface area contributed by atoms with E-state index in [-0.39, 0.29) is 24.1 Å². The van der Waals surface area contributed by atoms with Crippen LogP contribution in [0, 0.1) is 6.92 Å². The van der Waals surface area contributed by atoms with E-state index in [0.29, 0.717) is 16.8 Å². The number of H-pyrrole nitrogens is 1. The lowest BCUT2D eigenvalue weighted by atomic mass is 10.1. The van der Waals surface area contributed by atoms with Crippen molar-refractivity contribution in [1.29, 1.82) is 0 Å². The van der Waals surface area contributed by atoms with Gasteiger partial charge >= 0.3 is 6.18 Å². The Morgan fingerprint density at radius 1 is 1.14 bits per heavy atom. The fraction of sp³-hybridized carbons (Fsp3) is 0.238. The van der Waals surface area contributed by atoms with E-state index in [4.69, 9.17) is 4.74 Å². The van der Waals surface area contributed by atoms with Crippen molar-refractivity contribution in [3.8, 4) is 5.75 Å². The molecule has 0 radical (unpaired) electrons. The molecule has 1 amide bonds. The molecule has 0 fully saturated rings. The Bertz CT molecular complexity index is 1100. The first-order valence-electron chi connectivity index (χ1n) is 8.85. The van der Waals surface area contributed by atoms with Gasteiger partial charge in [-0.3, -0.25) is 9.59 Å². The van der Waals surface area contributed by atoms with Gasteiger partial charge in [0.1, 0.15) is 5.75 Å². The second kappa shape index (κ2) is 7.98. The number of carbonyl (C=O) groups excluding carboxylic acids is 1. The van der Waals surface area contributed by atoms with Crippen molar-refractivity contribution >= 4 is 16.8 Å². The molecule has 3 aromatic rings. The lowest BCUT2D eigenvalue weighted by Gasteiger charge is -2.10. The van der Waals surface area contributed by atoms with Gasteiger partial charge in [-0.05, 0) is 55.3 Å². The van der Waals surface area contributed by atoms with Crippen LogP contribution in [-0.2, 0) is 12.6 Å². The van der Waals surface area contributed by atoms with Crippen LogP contribution in [-0.4, -0.2) is 24.5 Å². The van der Waals surface area contributed by atoms with E-state index in [1.165, 1.54) is 7.11 Å². The van der Waals surface area contributed by atoms with Crippen LogP contribution in [0.2, 0.25) is 0 Å². The summed E-state index contributed by atoms with van der Waals surface area (Å²) in [5, 5.41) is 3.46. The zero-order valence-electron chi connectivity index (χ0n) is 15.8. The van der Waals surface area contributed by atoms with Gasteiger partial charge in [-0.1, -0.05) is 6.07 Å². The fourth-order valence-electron chi connectivity index (χ4n) is 3.03. The van der Waals surface area contributed by atoms with Gasteiger partial charge in [-0.25, -0.2) is 0 Å². The molecule has 1 heterocycles. The molecule has 2 aromatic carbocycles. The third-order valence-corrected chi connectivity index (χ3v) is 4.65. The number of halogens is 3. The molecule has 5 nitrogen and oxygen atoms in total. The van der Waals surface area contributed by atoms with E-state index >= 15 is 0 Å². The number of alkyl halides is 3. The van der Waals surface area contributed by atoms with Crippen molar-refractivity contribution in [2.75, 3.05) is 13.7 Å². The average Bonchev–Trinajstić information content (AvgIpc) is 2.68. The molecule has 0 saturated carbocycles. The third-order valence-electron chi connectivity index (χ3n) is 4.65. The first-order valence-corrected chi connectivity index (χ1v) is 8.85. The van der Waals surface area contributed by atoms with Crippen LogP contribution in [0.25, 0.3) is 10.9 Å². The second-order valence-electron chi connectivity index (χ2n) is 6.58. The van der Waals surface area contributed by atoms with Crippen LogP contribution >= 0.6 is 0 Å². The summed E-state index contributed by atoms with van der Waals surface area (Å²) in [6.45, 7) is 2.08. The van der Waals surface area contributed by atoms with E-state index in [9.17, 15) is 22.8 Å². The van der Waals surface area contributed by atoms with Gasteiger partial charge in [0.15, 0.2) is 0 Å². The van der Waals surface area contributed by atoms with Crippen molar-refractivity contribution in [3.05, 3.63) is 75.1 Å². The minimum Gasteiger partial charge on any atom is -0.495 e. The molecule has 0 atom stereocenters. The lowest BCUT2D eigenvalue weighted by Crippen LogP contribution is -2.27. The molecule has 0 aliphatic carbocycles. The molecular formula is C21H19F3N2O3. The van der Waals surface area contributed by atoms with E-state index in [1.807, 2.05) is 13.0 Å². The predicted molar refractivity (Wildman–Crippen MR) is 103 cm³/mol. The molecule has 29 heavy (non-hydrogen) atoms. The first-order chi connectivity index (χ1) is 13.7. The fourth-order valence-corrected chi connectivity index (χ4v) is 3.03. The summed E-state index contributed by atoms with van der Waals surface area (Å²) in [7, 11) is 1.52. The molecule has 152 valence electrons. The highest BCUT2D eigenvalue weighted by Crippen LogP contribution is 2.29. The van der Waals surface area contributed by atoms with Gasteiger partial charge in [0.2, 0.25) is 0 Å². The maximum atomic E-state index is 12.6. The summed E-state index contributed by atoms with van der Waals surface area (Å²) in [5.41, 5.74) is 1.07. The topological polar surface area (TPSA) is 71.2 Å². The van der Waals surface area contributed by atoms with Crippen LogP contribution in [0.1, 0.15) is 27.0 Å². The Hall–Kier alpha value is -3.29. The van der Waals surface area contributed by atoms with Crippen LogP contribution in [0.4, 0.5) is 13.2 Å². The number of hydrogen-bond donors (Lipinski definition) is 2. The minimum absolute atomic E-state index is 0.117. The maximum Gasteiger partial charge on any atom is 0.416 e. The molecule has 1 aromatic heterocycles. The number of aromatic amines is 1. The Labute approximate surface area is 164 Å². The second-order valence-corrected chi connectivity index (χ2v) is 6.58. The molecule has 0 saturated heterocycles. The number of aromatic nitrogens is 1. The third kappa shape index (κ3) is 4.42. The number of fused-ring (bicyclic) bond motifs is 1. The monoisotopic (exact) mass is 404 g/mol. The Kier molecular flexibility index (Phi) is 5.63. The van der Waals surface area contributed by atoms with Crippen LogP contribution in [0.3, 0.4) is 0 Å². The number of aryl methyl sites for hydroxylation is 1. The number of rotatable bonds is 5. The molecule has 0 aliphatic rings. The largest absolute Gasteiger partial charge is 0.495 e. The molecule has 8 heteroatoms. The number of carbonyl (C=O) groups is 1. The summed E-state index contributed by atoms with van der Waals surface area (Å²) >= 11 is 0. The van der Waals surface area contributed by atoms with Crippen LogP contribution in [0.15, 0.2) is 47.3 Å². The number of nitrogens with one attached hydrogen (secondary N) is 2. The standard InChI is InChI=1S/C21H19F3N2O3/c1-12-3-8-17(29-2)18-16(12)11-14(20(28)26-18)9-10-25-19(27)13-4-6-15(7-5-13)21(22,23)24/h3-8,11H,9-10H2,1-2H3,(H,25,27)(H,26,28). The van der Waals surface area contributed by atoms with E-state index in [2.05, 4.69) is 10.3 Å². The normalized spacial score (nSPS) is 11.5. The zero-order valence-corrected chi connectivity index (χ0v) is 15.8. The SMILES string of the molecule is COc1ccc(C)c2cc(CCNC(=O)c3ccc(C(F)(F)F)cc3)c(=O)[nH]c12. The van der Waals surface area contributed by atoms with Gasteiger partial charge in [-0.2, -0.15) is 13.2 Å². The van der Waals surface area contributed by atoms with Gasteiger partial charge in [0, 0.05) is 23.1 Å². The maximum absolute atomic E-state index is 12.6. The van der Waals surface area contributed by atoms with E-state index in [0.717, 1.165) is 35.2 Å². The minimum atomic E-state index is -4.45. The van der Waals surface area contributed by atoms with Crippen molar-refractivity contribution in [2.45, 2.75) is 19.5 Å². The van der Waals surface area contributed by atoms with Crippen LogP contribution < -0.4 is 15.6 Å². The van der Waals surface area contributed by atoms with Gasteiger partial charge in [0.05, 0.1) is 18.2 Å². The van der Waals surface area contributed by atoms with Crippen molar-refractivity contribution in [1.82, 2.24) is 10.3 Å². The predicted octanol–water partition coefficient (Wildman–Crippen LogP) is 3.84. The van der Waals surface area contributed by atoms with Crippen molar-refractivity contribution in [3.63, 3.8) is 0 Å². The summed E-state index contributed by atoms with van der Waals surface area (Å²) in [4.78, 5) is 27.3. The average molecular weight is 404 g/mol. The number of hydrogen-bond acceptors (Lipinski definition) is 3.